The molecule has 0 aromatic heterocycles. The number of methoxy groups -OCH3 is 2. The zero-order valence-electron chi connectivity index (χ0n) is 12.0. The molecule has 0 heterocycles. The first-order valence-electron chi connectivity index (χ1n) is 6.80. The van der Waals surface area contributed by atoms with Crippen molar-refractivity contribution in [2.24, 2.45) is 0 Å². The van der Waals surface area contributed by atoms with Gasteiger partial charge in [-0.3, -0.25) is 4.79 Å². The van der Waals surface area contributed by atoms with E-state index in [1.165, 1.54) is 0 Å². The number of amides is 1. The molecule has 0 saturated heterocycles. The maximum Gasteiger partial charge on any atom is 0.227 e. The van der Waals surface area contributed by atoms with Gasteiger partial charge in [-0.25, -0.2) is 0 Å². The van der Waals surface area contributed by atoms with Crippen LogP contribution in [0.5, 0.6) is 11.5 Å². The second-order valence-electron chi connectivity index (χ2n) is 4.91. The Morgan fingerprint density at radius 2 is 2.00 bits per heavy atom. The quantitative estimate of drug-likeness (QED) is 0.815. The lowest BCUT2D eigenvalue weighted by molar-refractivity contribution is -0.131. The van der Waals surface area contributed by atoms with Crippen LogP contribution in [0.15, 0.2) is 18.2 Å². The second kappa shape index (κ2) is 6.61. The summed E-state index contributed by atoms with van der Waals surface area (Å²) < 4.78 is 10.4. The van der Waals surface area contributed by atoms with Crippen molar-refractivity contribution >= 4 is 5.91 Å². The van der Waals surface area contributed by atoms with Crippen LogP contribution in [0.4, 0.5) is 0 Å². The molecule has 0 unspecified atom stereocenters. The summed E-state index contributed by atoms with van der Waals surface area (Å²) >= 11 is 0. The summed E-state index contributed by atoms with van der Waals surface area (Å²) in [5, 5.41) is 9.05. The van der Waals surface area contributed by atoms with E-state index in [2.05, 4.69) is 0 Å². The van der Waals surface area contributed by atoms with Gasteiger partial charge in [0, 0.05) is 12.6 Å². The number of hydrogen-bond acceptors (Lipinski definition) is 4. The van der Waals surface area contributed by atoms with E-state index in [0.29, 0.717) is 30.5 Å². The van der Waals surface area contributed by atoms with E-state index in [-0.39, 0.29) is 12.5 Å². The third kappa shape index (κ3) is 3.42. The van der Waals surface area contributed by atoms with Crippen molar-refractivity contribution in [1.29, 1.82) is 0 Å². The Hall–Kier alpha value is -1.75. The average molecular weight is 279 g/mol. The molecule has 1 aromatic rings. The van der Waals surface area contributed by atoms with Gasteiger partial charge in [0.05, 0.1) is 27.2 Å². The average Bonchev–Trinajstić information content (AvgIpc) is 3.28. The predicted molar refractivity (Wildman–Crippen MR) is 75.1 cm³/mol. The van der Waals surface area contributed by atoms with E-state index in [1.807, 2.05) is 12.1 Å². The highest BCUT2D eigenvalue weighted by atomic mass is 16.5. The molecule has 2 rings (SSSR count). The Labute approximate surface area is 119 Å². The van der Waals surface area contributed by atoms with Gasteiger partial charge < -0.3 is 19.5 Å². The molecule has 1 fully saturated rings. The van der Waals surface area contributed by atoms with Gasteiger partial charge in [0.25, 0.3) is 0 Å². The van der Waals surface area contributed by atoms with E-state index >= 15 is 0 Å². The van der Waals surface area contributed by atoms with Crippen molar-refractivity contribution in [3.8, 4) is 11.5 Å². The van der Waals surface area contributed by atoms with Crippen LogP contribution in [-0.4, -0.2) is 49.3 Å². The number of carbonyl (C=O) groups is 1. The molecule has 0 atom stereocenters. The second-order valence-corrected chi connectivity index (χ2v) is 4.91. The molecular weight excluding hydrogens is 258 g/mol. The van der Waals surface area contributed by atoms with E-state index in [9.17, 15) is 4.79 Å². The van der Waals surface area contributed by atoms with Gasteiger partial charge in [-0.1, -0.05) is 6.07 Å². The minimum Gasteiger partial charge on any atom is -0.493 e. The van der Waals surface area contributed by atoms with E-state index in [0.717, 1.165) is 18.4 Å². The van der Waals surface area contributed by atoms with Gasteiger partial charge in [-0.2, -0.15) is 0 Å². The molecule has 0 spiro atoms. The van der Waals surface area contributed by atoms with Crippen LogP contribution in [0.3, 0.4) is 0 Å². The van der Waals surface area contributed by atoms with Gasteiger partial charge in [0.15, 0.2) is 11.5 Å². The van der Waals surface area contributed by atoms with Gasteiger partial charge in [-0.05, 0) is 30.5 Å². The van der Waals surface area contributed by atoms with Gasteiger partial charge >= 0.3 is 0 Å². The molecule has 110 valence electrons. The molecule has 5 nitrogen and oxygen atoms in total. The maximum absolute atomic E-state index is 12.3. The van der Waals surface area contributed by atoms with Crippen LogP contribution in [-0.2, 0) is 11.2 Å². The Morgan fingerprint density at radius 3 is 2.55 bits per heavy atom. The summed E-state index contributed by atoms with van der Waals surface area (Å²) in [4.78, 5) is 14.1. The van der Waals surface area contributed by atoms with Crippen molar-refractivity contribution in [3.63, 3.8) is 0 Å². The zero-order chi connectivity index (χ0) is 14.5. The zero-order valence-corrected chi connectivity index (χ0v) is 12.0. The summed E-state index contributed by atoms with van der Waals surface area (Å²) in [5.74, 6) is 1.32. The first-order chi connectivity index (χ1) is 9.69. The molecule has 1 aromatic carbocycles. The smallest absolute Gasteiger partial charge is 0.227 e. The topological polar surface area (TPSA) is 59.0 Å². The van der Waals surface area contributed by atoms with Crippen LogP contribution < -0.4 is 9.47 Å². The normalized spacial score (nSPS) is 13.9. The number of nitrogens with zero attached hydrogens (tertiary/aromatic N) is 1. The molecule has 0 aliphatic heterocycles. The molecule has 0 bridgehead atoms. The van der Waals surface area contributed by atoms with Crippen LogP contribution in [0.2, 0.25) is 0 Å². The Morgan fingerprint density at radius 1 is 1.30 bits per heavy atom. The molecule has 5 heteroatoms. The van der Waals surface area contributed by atoms with Crippen molar-refractivity contribution < 1.29 is 19.4 Å². The van der Waals surface area contributed by atoms with Gasteiger partial charge in [-0.15, -0.1) is 0 Å². The number of aliphatic hydroxyl groups is 1. The van der Waals surface area contributed by atoms with Crippen LogP contribution in [0, 0.1) is 0 Å². The highest BCUT2D eigenvalue weighted by molar-refractivity contribution is 5.79. The molecule has 1 N–H and O–H groups in total. The standard InChI is InChI=1S/C15H21NO4/c1-19-13-6-3-11(9-14(13)20-2)10-15(18)16(7-8-17)12-4-5-12/h3,6,9,12,17H,4-5,7-8,10H2,1-2H3. The van der Waals surface area contributed by atoms with Crippen molar-refractivity contribution in [1.82, 2.24) is 4.90 Å². The fourth-order valence-electron chi connectivity index (χ4n) is 2.27. The maximum atomic E-state index is 12.3. The van der Waals surface area contributed by atoms with Crippen LogP contribution in [0.25, 0.3) is 0 Å². The highest BCUT2D eigenvalue weighted by Crippen LogP contribution is 2.29. The summed E-state index contributed by atoms with van der Waals surface area (Å²) in [7, 11) is 3.16. The fourth-order valence-corrected chi connectivity index (χ4v) is 2.27. The largest absolute Gasteiger partial charge is 0.493 e. The fraction of sp³-hybridized carbons (Fsp3) is 0.533. The van der Waals surface area contributed by atoms with E-state index in [1.54, 1.807) is 25.2 Å². The third-order valence-corrected chi connectivity index (χ3v) is 3.45. The molecule has 1 saturated carbocycles. The number of rotatable bonds is 7. The number of benzene rings is 1. The van der Waals surface area contributed by atoms with E-state index in [4.69, 9.17) is 14.6 Å². The molecule has 1 aliphatic carbocycles. The number of hydrogen-bond donors (Lipinski definition) is 1. The van der Waals surface area contributed by atoms with E-state index < -0.39 is 0 Å². The number of carbonyl (C=O) groups excluding carboxylic acids is 1. The summed E-state index contributed by atoms with van der Waals surface area (Å²) in [5.41, 5.74) is 0.885. The lowest BCUT2D eigenvalue weighted by Crippen LogP contribution is -2.36. The van der Waals surface area contributed by atoms with Crippen molar-refractivity contribution in [2.75, 3.05) is 27.4 Å². The number of aliphatic hydroxyl groups excluding tert-OH is 1. The molecule has 0 radical (unpaired) electrons. The molecular formula is C15H21NO4. The van der Waals surface area contributed by atoms with Gasteiger partial charge in [0.2, 0.25) is 5.91 Å². The monoisotopic (exact) mass is 279 g/mol. The lowest BCUT2D eigenvalue weighted by atomic mass is 10.1. The highest BCUT2D eigenvalue weighted by Gasteiger charge is 2.31. The van der Waals surface area contributed by atoms with Gasteiger partial charge in [0.1, 0.15) is 0 Å². The number of ether oxygens (including phenoxy) is 2. The van der Waals surface area contributed by atoms with Crippen molar-refractivity contribution in [2.45, 2.75) is 25.3 Å². The van der Waals surface area contributed by atoms with Crippen molar-refractivity contribution in [3.05, 3.63) is 23.8 Å². The molecule has 20 heavy (non-hydrogen) atoms. The first kappa shape index (κ1) is 14.7. The minimum absolute atomic E-state index is 0.00811. The Bertz CT molecular complexity index is 471. The summed E-state index contributed by atoms with van der Waals surface area (Å²) in [6, 6.07) is 5.80. The lowest BCUT2D eigenvalue weighted by Gasteiger charge is -2.21. The summed E-state index contributed by atoms with van der Waals surface area (Å²) in [6.45, 7) is 0.422. The Balaban J connectivity index is 2.06. The molecule has 1 amide bonds. The van der Waals surface area contributed by atoms with Crippen LogP contribution >= 0.6 is 0 Å². The summed E-state index contributed by atoms with van der Waals surface area (Å²) in [6.07, 6.45) is 2.40. The molecule has 1 aliphatic rings. The predicted octanol–water partition coefficient (Wildman–Crippen LogP) is 1.23. The SMILES string of the molecule is COc1ccc(CC(=O)N(CCO)C2CC2)cc1OC. The van der Waals surface area contributed by atoms with Crippen LogP contribution in [0.1, 0.15) is 18.4 Å². The Kier molecular flexibility index (Phi) is 4.84. The first-order valence-corrected chi connectivity index (χ1v) is 6.80. The minimum atomic E-state index is 0.00811. The third-order valence-electron chi connectivity index (χ3n) is 3.45.